The van der Waals surface area contributed by atoms with Crippen LogP contribution >= 0.6 is 11.6 Å². The Balaban J connectivity index is 2.17. The van der Waals surface area contributed by atoms with Crippen LogP contribution in [-0.4, -0.2) is 6.61 Å². The Morgan fingerprint density at radius 1 is 1.19 bits per heavy atom. The molecule has 0 bridgehead atoms. The molecule has 2 aromatic rings. The van der Waals surface area contributed by atoms with Crippen molar-refractivity contribution in [3.05, 3.63) is 64.2 Å². The van der Waals surface area contributed by atoms with Gasteiger partial charge < -0.3 is 4.74 Å². The van der Waals surface area contributed by atoms with Crippen LogP contribution in [0.5, 0.6) is 5.75 Å². The average molecular weight is 313 g/mol. The fourth-order valence-corrected chi connectivity index (χ4v) is 2.05. The zero-order valence-electron chi connectivity index (χ0n) is 11.4. The highest BCUT2D eigenvalue weighted by Crippen LogP contribution is 2.24. The number of ether oxygens (including phenoxy) is 1. The third-order valence-electron chi connectivity index (χ3n) is 3.10. The van der Waals surface area contributed by atoms with Gasteiger partial charge in [0.15, 0.2) is 0 Å². The van der Waals surface area contributed by atoms with Crippen LogP contribution in [0.25, 0.3) is 0 Å². The van der Waals surface area contributed by atoms with E-state index in [-0.39, 0.29) is 12.2 Å². The van der Waals surface area contributed by atoms with Crippen LogP contribution in [0.3, 0.4) is 0 Å². The lowest BCUT2D eigenvalue weighted by atomic mass is 10.0. The quantitative estimate of drug-likeness (QED) is 0.656. The van der Waals surface area contributed by atoms with Crippen LogP contribution in [0.2, 0.25) is 5.02 Å². The van der Waals surface area contributed by atoms with Crippen molar-refractivity contribution in [3.63, 3.8) is 0 Å². The smallest absolute Gasteiger partial charge is 0.134 e. The van der Waals surface area contributed by atoms with Crippen molar-refractivity contribution in [2.75, 3.05) is 6.61 Å². The third kappa shape index (κ3) is 3.69. The molecule has 0 saturated carbocycles. The number of hydrogen-bond donors (Lipinski definition) is 2. The van der Waals surface area contributed by atoms with Gasteiger partial charge in [0.05, 0.1) is 6.04 Å². The Bertz CT molecular complexity index is 620. The lowest BCUT2D eigenvalue weighted by Crippen LogP contribution is -2.33. The lowest BCUT2D eigenvalue weighted by molar-refractivity contribution is 0.260. The summed E-state index contributed by atoms with van der Waals surface area (Å²) in [5.74, 6) is 4.64. The molecule has 0 saturated heterocycles. The second-order valence-corrected chi connectivity index (χ2v) is 5.01. The molecule has 0 aromatic heterocycles. The SMILES string of the molecule is Cc1ccc(F)c(C(COc2ccc(Cl)cc2)NN)c1F. The fourth-order valence-electron chi connectivity index (χ4n) is 1.92. The molecule has 3 N–H and O–H groups in total. The van der Waals surface area contributed by atoms with Crippen LogP contribution in [0, 0.1) is 18.6 Å². The van der Waals surface area contributed by atoms with E-state index in [1.807, 2.05) is 0 Å². The Labute approximate surface area is 126 Å². The number of nitrogens with one attached hydrogen (secondary N) is 1. The molecule has 3 nitrogen and oxygen atoms in total. The maximum Gasteiger partial charge on any atom is 0.134 e. The zero-order chi connectivity index (χ0) is 15.4. The van der Waals surface area contributed by atoms with Crippen molar-refractivity contribution in [1.82, 2.24) is 5.43 Å². The normalized spacial score (nSPS) is 12.2. The fraction of sp³-hybridized carbons (Fsp3) is 0.200. The number of benzene rings is 2. The average Bonchev–Trinajstić information content (AvgIpc) is 2.48. The first-order chi connectivity index (χ1) is 10.0. The molecule has 6 heteroatoms. The summed E-state index contributed by atoms with van der Waals surface area (Å²) in [6.45, 7) is 1.54. The van der Waals surface area contributed by atoms with Crippen LogP contribution in [0.4, 0.5) is 8.78 Å². The van der Waals surface area contributed by atoms with Gasteiger partial charge >= 0.3 is 0 Å². The molecule has 0 radical (unpaired) electrons. The molecule has 0 fully saturated rings. The molecule has 0 heterocycles. The van der Waals surface area contributed by atoms with Crippen LogP contribution < -0.4 is 16.0 Å². The van der Waals surface area contributed by atoms with Gasteiger partial charge in [-0.15, -0.1) is 0 Å². The minimum atomic E-state index is -0.805. The van der Waals surface area contributed by atoms with Gasteiger partial charge in [-0.05, 0) is 42.8 Å². The van der Waals surface area contributed by atoms with Crippen molar-refractivity contribution >= 4 is 11.6 Å². The third-order valence-corrected chi connectivity index (χ3v) is 3.35. The zero-order valence-corrected chi connectivity index (χ0v) is 12.1. The molecule has 2 aromatic carbocycles. The second-order valence-electron chi connectivity index (χ2n) is 4.58. The Morgan fingerprint density at radius 3 is 2.48 bits per heavy atom. The highest BCUT2D eigenvalue weighted by atomic mass is 35.5. The summed E-state index contributed by atoms with van der Waals surface area (Å²) in [5, 5.41) is 0.576. The summed E-state index contributed by atoms with van der Waals surface area (Å²) >= 11 is 5.77. The number of halogens is 3. The minimum Gasteiger partial charge on any atom is -0.492 e. The summed E-state index contributed by atoms with van der Waals surface area (Å²) in [6.07, 6.45) is 0. The highest BCUT2D eigenvalue weighted by molar-refractivity contribution is 6.30. The molecule has 1 atom stereocenters. The Hall–Kier alpha value is -1.69. The van der Waals surface area contributed by atoms with E-state index in [1.54, 1.807) is 31.2 Å². The van der Waals surface area contributed by atoms with Gasteiger partial charge in [-0.25, -0.2) is 14.2 Å². The van der Waals surface area contributed by atoms with Gasteiger partial charge in [0.2, 0.25) is 0 Å². The molecule has 0 aliphatic heterocycles. The summed E-state index contributed by atoms with van der Waals surface area (Å²) in [4.78, 5) is 0. The summed E-state index contributed by atoms with van der Waals surface area (Å²) in [5.41, 5.74) is 2.59. The highest BCUT2D eigenvalue weighted by Gasteiger charge is 2.21. The number of hydrazine groups is 1. The summed E-state index contributed by atoms with van der Waals surface area (Å²) in [6, 6.07) is 8.44. The topological polar surface area (TPSA) is 47.3 Å². The number of rotatable bonds is 5. The van der Waals surface area contributed by atoms with Crippen molar-refractivity contribution in [1.29, 1.82) is 0 Å². The van der Waals surface area contributed by atoms with E-state index in [4.69, 9.17) is 22.2 Å². The molecule has 0 aliphatic rings. The van der Waals surface area contributed by atoms with E-state index in [1.165, 1.54) is 12.1 Å². The van der Waals surface area contributed by atoms with Gasteiger partial charge in [-0.3, -0.25) is 5.84 Å². The minimum absolute atomic E-state index is 0.0184. The first-order valence-corrected chi connectivity index (χ1v) is 6.69. The van der Waals surface area contributed by atoms with Crippen LogP contribution in [0.1, 0.15) is 17.2 Å². The molecule has 21 heavy (non-hydrogen) atoms. The monoisotopic (exact) mass is 312 g/mol. The predicted molar refractivity (Wildman–Crippen MR) is 78.1 cm³/mol. The van der Waals surface area contributed by atoms with E-state index in [9.17, 15) is 8.78 Å². The van der Waals surface area contributed by atoms with Crippen molar-refractivity contribution in [2.45, 2.75) is 13.0 Å². The molecule has 2 rings (SSSR count). The van der Waals surface area contributed by atoms with E-state index in [2.05, 4.69) is 5.43 Å². The second kappa shape index (κ2) is 6.85. The van der Waals surface area contributed by atoms with Crippen LogP contribution in [-0.2, 0) is 0 Å². The molecule has 0 amide bonds. The molecule has 1 unspecified atom stereocenters. The summed E-state index contributed by atoms with van der Waals surface area (Å²) in [7, 11) is 0. The maximum absolute atomic E-state index is 14.1. The molecular formula is C15H15ClF2N2O. The first-order valence-electron chi connectivity index (χ1n) is 6.32. The van der Waals surface area contributed by atoms with E-state index in [0.717, 1.165) is 0 Å². The Kier molecular flexibility index (Phi) is 5.12. The maximum atomic E-state index is 14.1. The van der Waals surface area contributed by atoms with E-state index < -0.39 is 17.7 Å². The van der Waals surface area contributed by atoms with Gasteiger partial charge in [0, 0.05) is 10.6 Å². The standard InChI is InChI=1S/C15H15ClF2N2O/c1-9-2-7-12(17)14(15(9)18)13(20-19)8-21-11-5-3-10(16)4-6-11/h2-7,13,20H,8,19H2,1H3. The van der Waals surface area contributed by atoms with Crippen molar-refractivity contribution in [2.24, 2.45) is 5.84 Å². The van der Waals surface area contributed by atoms with Gasteiger partial charge in [-0.1, -0.05) is 17.7 Å². The van der Waals surface area contributed by atoms with E-state index >= 15 is 0 Å². The predicted octanol–water partition coefficient (Wildman–Crippen LogP) is 3.51. The molecule has 0 spiro atoms. The lowest BCUT2D eigenvalue weighted by Gasteiger charge is -2.19. The summed E-state index contributed by atoms with van der Waals surface area (Å²) < 4.78 is 33.4. The largest absolute Gasteiger partial charge is 0.492 e. The number of nitrogens with two attached hydrogens (primary N) is 1. The van der Waals surface area contributed by atoms with Crippen molar-refractivity contribution < 1.29 is 13.5 Å². The first kappa shape index (κ1) is 15.7. The van der Waals surface area contributed by atoms with Crippen LogP contribution in [0.15, 0.2) is 36.4 Å². The number of hydrogen-bond acceptors (Lipinski definition) is 3. The van der Waals surface area contributed by atoms with E-state index in [0.29, 0.717) is 16.3 Å². The van der Waals surface area contributed by atoms with Crippen molar-refractivity contribution in [3.8, 4) is 5.75 Å². The van der Waals surface area contributed by atoms with Gasteiger partial charge in [0.1, 0.15) is 24.0 Å². The molecule has 112 valence electrons. The van der Waals surface area contributed by atoms with Gasteiger partial charge in [-0.2, -0.15) is 0 Å². The Morgan fingerprint density at radius 2 is 1.86 bits per heavy atom. The number of aryl methyl sites for hydroxylation is 1. The van der Waals surface area contributed by atoms with Gasteiger partial charge in [0.25, 0.3) is 0 Å². The molecule has 0 aliphatic carbocycles. The molecular weight excluding hydrogens is 298 g/mol.